The predicted molar refractivity (Wildman–Crippen MR) is 93.7 cm³/mol. The van der Waals surface area contributed by atoms with Crippen LogP contribution in [-0.4, -0.2) is 31.6 Å². The molecule has 1 heterocycles. The molecule has 1 saturated heterocycles. The highest BCUT2D eigenvalue weighted by Crippen LogP contribution is 2.41. The molecule has 3 heteroatoms. The molecule has 0 amide bonds. The largest absolute Gasteiger partial charge is 0.496 e. The maximum absolute atomic E-state index is 5.92. The van der Waals surface area contributed by atoms with Crippen LogP contribution in [0.4, 0.5) is 0 Å². The van der Waals surface area contributed by atoms with Gasteiger partial charge in [-0.2, -0.15) is 0 Å². The van der Waals surface area contributed by atoms with Crippen LogP contribution < -0.4 is 10.5 Å². The Kier molecular flexibility index (Phi) is 5.51. The molecule has 1 aliphatic heterocycles. The fourth-order valence-electron chi connectivity index (χ4n) is 3.58. The first-order chi connectivity index (χ1) is 10.4. The van der Waals surface area contributed by atoms with Crippen LogP contribution in [0.25, 0.3) is 0 Å². The molecule has 1 atom stereocenters. The van der Waals surface area contributed by atoms with Gasteiger partial charge in [0.15, 0.2) is 0 Å². The van der Waals surface area contributed by atoms with Crippen molar-refractivity contribution in [3.63, 3.8) is 0 Å². The highest BCUT2D eigenvalue weighted by atomic mass is 16.5. The lowest BCUT2D eigenvalue weighted by Crippen LogP contribution is -2.28. The van der Waals surface area contributed by atoms with E-state index in [9.17, 15) is 0 Å². The number of nitrogens with zero attached hydrogens (tertiary/aromatic N) is 1. The van der Waals surface area contributed by atoms with Crippen LogP contribution in [0.5, 0.6) is 5.75 Å². The third kappa shape index (κ3) is 3.64. The summed E-state index contributed by atoms with van der Waals surface area (Å²) < 4.78 is 5.88. The molecule has 1 aromatic carbocycles. The van der Waals surface area contributed by atoms with Crippen molar-refractivity contribution in [3.05, 3.63) is 28.8 Å². The summed E-state index contributed by atoms with van der Waals surface area (Å²) in [7, 11) is 1.80. The molecule has 22 heavy (non-hydrogen) atoms. The zero-order valence-electron chi connectivity index (χ0n) is 14.9. The molecule has 1 unspecified atom stereocenters. The maximum atomic E-state index is 5.92. The van der Waals surface area contributed by atoms with E-state index in [0.29, 0.717) is 12.6 Å². The summed E-state index contributed by atoms with van der Waals surface area (Å²) >= 11 is 0. The van der Waals surface area contributed by atoms with Crippen molar-refractivity contribution in [1.29, 1.82) is 0 Å². The van der Waals surface area contributed by atoms with E-state index in [2.05, 4.69) is 44.7 Å². The molecule has 0 saturated carbocycles. The molecule has 2 N–H and O–H groups in total. The van der Waals surface area contributed by atoms with Crippen molar-refractivity contribution in [2.75, 3.05) is 26.7 Å². The number of likely N-dealkylation sites (tertiary alicyclic amines) is 1. The van der Waals surface area contributed by atoms with E-state index in [-0.39, 0.29) is 5.41 Å². The van der Waals surface area contributed by atoms with Gasteiger partial charge >= 0.3 is 0 Å². The van der Waals surface area contributed by atoms with E-state index in [0.717, 1.165) is 12.2 Å². The first-order valence-corrected chi connectivity index (χ1v) is 8.51. The molecule has 124 valence electrons. The summed E-state index contributed by atoms with van der Waals surface area (Å²) in [5, 5.41) is 0. The summed E-state index contributed by atoms with van der Waals surface area (Å²) in [6.07, 6.45) is 3.58. The molecule has 2 rings (SSSR count). The molecule has 0 bridgehead atoms. The number of hydrogen-bond acceptors (Lipinski definition) is 3. The Morgan fingerprint density at radius 2 is 1.86 bits per heavy atom. The summed E-state index contributed by atoms with van der Waals surface area (Å²) in [5.74, 6) is 1.06. The minimum Gasteiger partial charge on any atom is -0.496 e. The fourth-order valence-corrected chi connectivity index (χ4v) is 3.58. The van der Waals surface area contributed by atoms with Crippen molar-refractivity contribution < 1.29 is 4.74 Å². The van der Waals surface area contributed by atoms with Crippen LogP contribution in [0.1, 0.15) is 62.8 Å². The average Bonchev–Trinajstić information content (AvgIpc) is 2.96. The van der Waals surface area contributed by atoms with E-state index in [4.69, 9.17) is 10.5 Å². The molecular formula is C19H32N2O. The Balaban J connectivity index is 2.53. The van der Waals surface area contributed by atoms with E-state index < -0.39 is 0 Å². The number of methoxy groups -OCH3 is 1. The fraction of sp³-hybridized carbons (Fsp3) is 0.684. The monoisotopic (exact) mass is 304 g/mol. The molecule has 0 aromatic heterocycles. The lowest BCUT2D eigenvalue weighted by molar-refractivity contribution is 0.229. The summed E-state index contributed by atoms with van der Waals surface area (Å²) in [6, 6.07) is 4.95. The molecule has 1 fully saturated rings. The normalized spacial score (nSPS) is 17.7. The van der Waals surface area contributed by atoms with Crippen LogP contribution in [0, 0.1) is 6.92 Å². The van der Waals surface area contributed by atoms with Gasteiger partial charge in [-0.05, 0) is 51.2 Å². The zero-order valence-corrected chi connectivity index (χ0v) is 14.9. The van der Waals surface area contributed by atoms with Crippen LogP contribution >= 0.6 is 0 Å². The Morgan fingerprint density at radius 3 is 2.36 bits per heavy atom. The topological polar surface area (TPSA) is 38.5 Å². The summed E-state index contributed by atoms with van der Waals surface area (Å²) in [4.78, 5) is 2.58. The lowest BCUT2D eigenvalue weighted by Gasteiger charge is -2.32. The second-order valence-corrected chi connectivity index (χ2v) is 7.52. The number of hydrogen-bond donors (Lipinski definition) is 1. The van der Waals surface area contributed by atoms with Gasteiger partial charge < -0.3 is 10.5 Å². The third-order valence-corrected chi connectivity index (χ3v) is 4.65. The van der Waals surface area contributed by atoms with Crippen molar-refractivity contribution in [1.82, 2.24) is 4.90 Å². The number of aryl methyl sites for hydroxylation is 1. The standard InChI is InChI=1S/C19H32N2O/c1-14-12-15(17(8-9-20)21-10-6-7-11-21)18(22-5)16(13-14)19(2,3)4/h12-13,17H,6-11,20H2,1-5H3. The molecule has 0 aliphatic carbocycles. The molecular weight excluding hydrogens is 272 g/mol. The van der Waals surface area contributed by atoms with Crippen molar-refractivity contribution in [2.24, 2.45) is 5.73 Å². The number of nitrogens with two attached hydrogens (primary N) is 1. The molecule has 1 aromatic rings. The minimum atomic E-state index is 0.0738. The van der Waals surface area contributed by atoms with Gasteiger partial charge in [0.2, 0.25) is 0 Å². The molecule has 0 radical (unpaired) electrons. The van der Waals surface area contributed by atoms with Crippen molar-refractivity contribution in [2.45, 2.75) is 58.4 Å². The zero-order chi connectivity index (χ0) is 16.3. The van der Waals surface area contributed by atoms with E-state index in [1.165, 1.54) is 42.6 Å². The van der Waals surface area contributed by atoms with E-state index >= 15 is 0 Å². The van der Waals surface area contributed by atoms with Crippen LogP contribution in [0.15, 0.2) is 12.1 Å². The number of ether oxygens (including phenoxy) is 1. The summed E-state index contributed by atoms with van der Waals surface area (Å²) in [6.45, 7) is 12.0. The maximum Gasteiger partial charge on any atom is 0.127 e. The van der Waals surface area contributed by atoms with Gasteiger partial charge in [-0.1, -0.05) is 38.5 Å². The Labute approximate surface area is 135 Å². The molecule has 1 aliphatic rings. The van der Waals surface area contributed by atoms with Gasteiger partial charge in [0.1, 0.15) is 5.75 Å². The van der Waals surface area contributed by atoms with Gasteiger partial charge in [0.25, 0.3) is 0 Å². The third-order valence-electron chi connectivity index (χ3n) is 4.65. The predicted octanol–water partition coefficient (Wildman–Crippen LogP) is 3.79. The van der Waals surface area contributed by atoms with E-state index in [1.807, 2.05) is 0 Å². The number of benzene rings is 1. The lowest BCUT2D eigenvalue weighted by atomic mass is 9.82. The second kappa shape index (κ2) is 7.01. The summed E-state index contributed by atoms with van der Waals surface area (Å²) in [5.41, 5.74) is 9.92. The highest BCUT2D eigenvalue weighted by molar-refractivity contribution is 5.49. The first-order valence-electron chi connectivity index (χ1n) is 8.51. The second-order valence-electron chi connectivity index (χ2n) is 7.52. The number of rotatable bonds is 5. The van der Waals surface area contributed by atoms with Crippen LogP contribution in [0.3, 0.4) is 0 Å². The highest BCUT2D eigenvalue weighted by Gasteiger charge is 2.29. The molecule has 3 nitrogen and oxygen atoms in total. The van der Waals surface area contributed by atoms with Crippen molar-refractivity contribution >= 4 is 0 Å². The average molecular weight is 304 g/mol. The van der Waals surface area contributed by atoms with Gasteiger partial charge in [0.05, 0.1) is 7.11 Å². The van der Waals surface area contributed by atoms with Crippen LogP contribution in [0.2, 0.25) is 0 Å². The van der Waals surface area contributed by atoms with Crippen molar-refractivity contribution in [3.8, 4) is 5.75 Å². The Bertz CT molecular complexity index is 499. The van der Waals surface area contributed by atoms with Crippen LogP contribution in [-0.2, 0) is 5.41 Å². The van der Waals surface area contributed by atoms with Gasteiger partial charge in [-0.3, -0.25) is 4.90 Å². The quantitative estimate of drug-likeness (QED) is 0.899. The van der Waals surface area contributed by atoms with Gasteiger partial charge in [0, 0.05) is 17.2 Å². The Hall–Kier alpha value is -1.06. The smallest absolute Gasteiger partial charge is 0.127 e. The van der Waals surface area contributed by atoms with Gasteiger partial charge in [-0.15, -0.1) is 0 Å². The van der Waals surface area contributed by atoms with E-state index in [1.54, 1.807) is 7.11 Å². The Morgan fingerprint density at radius 1 is 1.23 bits per heavy atom. The minimum absolute atomic E-state index is 0.0738. The van der Waals surface area contributed by atoms with Gasteiger partial charge in [-0.25, -0.2) is 0 Å². The SMILES string of the molecule is COc1c(C(CCN)N2CCCC2)cc(C)cc1C(C)(C)C. The first kappa shape index (κ1) is 17.3. The molecule has 0 spiro atoms.